The minimum atomic E-state index is -0.840. The smallest absolute Gasteiger partial charge is 0.338 e. The standard InChI is InChI=1S/C16H20O5/c1-18-15(17)16(6-3-7-21-16)9-12-4-2-5-13(8-12)19-10-14-11-20-14/h2,4-5,8,14H,3,6-7,9-11H2,1H3/t14-,16?/m0/s1. The third-order valence-electron chi connectivity index (χ3n) is 3.89. The Labute approximate surface area is 124 Å². The van der Waals surface area contributed by atoms with E-state index in [1.165, 1.54) is 7.11 Å². The second-order valence-electron chi connectivity index (χ2n) is 5.53. The molecule has 0 radical (unpaired) electrons. The lowest BCUT2D eigenvalue weighted by molar-refractivity contribution is -0.163. The van der Waals surface area contributed by atoms with Gasteiger partial charge in [-0.1, -0.05) is 12.1 Å². The first kappa shape index (κ1) is 14.4. The molecule has 0 aliphatic carbocycles. The zero-order chi connectivity index (χ0) is 14.7. The third-order valence-corrected chi connectivity index (χ3v) is 3.89. The number of hydrogen-bond acceptors (Lipinski definition) is 5. The molecule has 2 fully saturated rings. The Morgan fingerprint density at radius 2 is 2.33 bits per heavy atom. The Balaban J connectivity index is 1.70. The van der Waals surface area contributed by atoms with Gasteiger partial charge in [-0.3, -0.25) is 0 Å². The molecule has 0 saturated carbocycles. The zero-order valence-corrected chi connectivity index (χ0v) is 12.2. The molecule has 2 aliphatic rings. The predicted molar refractivity (Wildman–Crippen MR) is 75.3 cm³/mol. The van der Waals surface area contributed by atoms with Crippen molar-refractivity contribution < 1.29 is 23.7 Å². The summed E-state index contributed by atoms with van der Waals surface area (Å²) in [6.07, 6.45) is 2.31. The number of carbonyl (C=O) groups excluding carboxylic acids is 1. The van der Waals surface area contributed by atoms with E-state index >= 15 is 0 Å². The van der Waals surface area contributed by atoms with Crippen LogP contribution in [-0.4, -0.2) is 44.6 Å². The van der Waals surface area contributed by atoms with Gasteiger partial charge < -0.3 is 18.9 Å². The summed E-state index contributed by atoms with van der Waals surface area (Å²) in [4.78, 5) is 12.1. The maximum atomic E-state index is 12.1. The topological polar surface area (TPSA) is 57.3 Å². The molecule has 5 heteroatoms. The number of rotatable bonds is 6. The number of carbonyl (C=O) groups is 1. The summed E-state index contributed by atoms with van der Waals surface area (Å²) in [6, 6.07) is 7.77. The molecule has 2 aliphatic heterocycles. The number of hydrogen-bond donors (Lipinski definition) is 0. The van der Waals surface area contributed by atoms with Crippen molar-refractivity contribution in [3.63, 3.8) is 0 Å². The van der Waals surface area contributed by atoms with Gasteiger partial charge in [0.15, 0.2) is 5.60 Å². The normalized spacial score (nSPS) is 27.4. The Bertz CT molecular complexity index is 503. The highest BCUT2D eigenvalue weighted by Gasteiger charge is 2.43. The highest BCUT2D eigenvalue weighted by atomic mass is 16.6. The van der Waals surface area contributed by atoms with Crippen LogP contribution < -0.4 is 4.74 Å². The van der Waals surface area contributed by atoms with E-state index in [1.54, 1.807) is 0 Å². The average molecular weight is 292 g/mol. The molecular formula is C16H20O5. The summed E-state index contributed by atoms with van der Waals surface area (Å²) in [5.74, 6) is 0.499. The van der Waals surface area contributed by atoms with Gasteiger partial charge in [-0.2, -0.15) is 0 Å². The molecule has 2 heterocycles. The van der Waals surface area contributed by atoms with E-state index in [-0.39, 0.29) is 12.1 Å². The number of benzene rings is 1. The lowest BCUT2D eigenvalue weighted by Gasteiger charge is -2.25. The summed E-state index contributed by atoms with van der Waals surface area (Å²) < 4.78 is 21.4. The molecule has 0 bridgehead atoms. The van der Waals surface area contributed by atoms with Crippen molar-refractivity contribution >= 4 is 5.97 Å². The molecule has 21 heavy (non-hydrogen) atoms. The van der Waals surface area contributed by atoms with Crippen LogP contribution in [0.5, 0.6) is 5.75 Å². The summed E-state index contributed by atoms with van der Waals surface area (Å²) in [5, 5.41) is 0. The quantitative estimate of drug-likeness (QED) is 0.590. The minimum absolute atomic E-state index is 0.230. The average Bonchev–Trinajstić information content (AvgIpc) is 3.23. The van der Waals surface area contributed by atoms with E-state index in [2.05, 4.69) is 0 Å². The first-order valence-corrected chi connectivity index (χ1v) is 7.27. The Morgan fingerprint density at radius 1 is 1.48 bits per heavy atom. The van der Waals surface area contributed by atoms with Crippen LogP contribution in [0.1, 0.15) is 18.4 Å². The molecule has 114 valence electrons. The molecule has 3 rings (SSSR count). The van der Waals surface area contributed by atoms with Crippen LogP contribution in [0.15, 0.2) is 24.3 Å². The molecule has 5 nitrogen and oxygen atoms in total. The van der Waals surface area contributed by atoms with Crippen molar-refractivity contribution in [2.45, 2.75) is 31.0 Å². The van der Waals surface area contributed by atoms with E-state index in [0.717, 1.165) is 24.3 Å². The Morgan fingerprint density at radius 3 is 3.00 bits per heavy atom. The van der Waals surface area contributed by atoms with Crippen molar-refractivity contribution in [2.24, 2.45) is 0 Å². The lowest BCUT2D eigenvalue weighted by atomic mass is 9.91. The largest absolute Gasteiger partial charge is 0.491 e. The van der Waals surface area contributed by atoms with Gasteiger partial charge in [0.25, 0.3) is 0 Å². The fraction of sp³-hybridized carbons (Fsp3) is 0.562. The predicted octanol–water partition coefficient (Wildman–Crippen LogP) is 1.73. The molecule has 2 atom stereocenters. The molecular weight excluding hydrogens is 272 g/mol. The van der Waals surface area contributed by atoms with Crippen molar-refractivity contribution in [3.05, 3.63) is 29.8 Å². The van der Waals surface area contributed by atoms with Crippen LogP contribution in [-0.2, 0) is 25.4 Å². The summed E-state index contributed by atoms with van der Waals surface area (Å²) in [5.41, 5.74) is 0.170. The van der Waals surface area contributed by atoms with Gasteiger partial charge in [-0.15, -0.1) is 0 Å². The molecule has 1 aromatic rings. The SMILES string of the molecule is COC(=O)C1(Cc2cccc(OC[C@H]3CO3)c2)CCCO1. The van der Waals surface area contributed by atoms with Crippen LogP contribution in [0.3, 0.4) is 0 Å². The highest BCUT2D eigenvalue weighted by molar-refractivity contribution is 5.80. The molecule has 2 saturated heterocycles. The van der Waals surface area contributed by atoms with Gasteiger partial charge in [-0.25, -0.2) is 4.79 Å². The number of esters is 1. The Hall–Kier alpha value is -1.59. The molecule has 0 N–H and O–H groups in total. The highest BCUT2D eigenvalue weighted by Crippen LogP contribution is 2.31. The van der Waals surface area contributed by atoms with Gasteiger partial charge in [0.1, 0.15) is 18.5 Å². The number of methoxy groups -OCH3 is 1. The number of ether oxygens (including phenoxy) is 4. The second-order valence-corrected chi connectivity index (χ2v) is 5.53. The van der Waals surface area contributed by atoms with E-state index in [1.807, 2.05) is 24.3 Å². The van der Waals surface area contributed by atoms with Crippen LogP contribution in [0.25, 0.3) is 0 Å². The maximum Gasteiger partial charge on any atom is 0.338 e. The monoisotopic (exact) mass is 292 g/mol. The number of epoxide rings is 1. The van der Waals surface area contributed by atoms with E-state index in [0.29, 0.717) is 26.1 Å². The fourth-order valence-electron chi connectivity index (χ4n) is 2.68. The van der Waals surface area contributed by atoms with Gasteiger partial charge in [0, 0.05) is 13.0 Å². The molecule has 1 unspecified atom stereocenters. The zero-order valence-electron chi connectivity index (χ0n) is 12.2. The van der Waals surface area contributed by atoms with Crippen LogP contribution >= 0.6 is 0 Å². The lowest BCUT2D eigenvalue weighted by Crippen LogP contribution is -2.41. The third kappa shape index (κ3) is 3.36. The van der Waals surface area contributed by atoms with Crippen LogP contribution in [0.2, 0.25) is 0 Å². The van der Waals surface area contributed by atoms with Crippen molar-refractivity contribution in [1.82, 2.24) is 0 Å². The summed E-state index contributed by atoms with van der Waals surface area (Å²) in [7, 11) is 1.40. The Kier molecular flexibility index (Phi) is 4.12. The van der Waals surface area contributed by atoms with Crippen LogP contribution in [0.4, 0.5) is 0 Å². The van der Waals surface area contributed by atoms with Crippen molar-refractivity contribution in [2.75, 3.05) is 26.9 Å². The minimum Gasteiger partial charge on any atom is -0.491 e. The first-order valence-electron chi connectivity index (χ1n) is 7.27. The molecule has 1 aromatic carbocycles. The van der Waals surface area contributed by atoms with E-state index < -0.39 is 5.60 Å². The molecule has 0 spiro atoms. The maximum absolute atomic E-state index is 12.1. The molecule has 0 aromatic heterocycles. The van der Waals surface area contributed by atoms with E-state index in [4.69, 9.17) is 18.9 Å². The van der Waals surface area contributed by atoms with Crippen molar-refractivity contribution in [1.29, 1.82) is 0 Å². The second kappa shape index (κ2) is 6.03. The van der Waals surface area contributed by atoms with Gasteiger partial charge in [0.2, 0.25) is 0 Å². The van der Waals surface area contributed by atoms with Gasteiger partial charge in [-0.05, 0) is 30.5 Å². The van der Waals surface area contributed by atoms with E-state index in [9.17, 15) is 4.79 Å². The van der Waals surface area contributed by atoms with Crippen molar-refractivity contribution in [3.8, 4) is 5.75 Å². The van der Waals surface area contributed by atoms with Gasteiger partial charge >= 0.3 is 5.97 Å². The van der Waals surface area contributed by atoms with Gasteiger partial charge in [0.05, 0.1) is 13.7 Å². The first-order chi connectivity index (χ1) is 10.2. The summed E-state index contributed by atoms with van der Waals surface area (Å²) >= 11 is 0. The fourth-order valence-corrected chi connectivity index (χ4v) is 2.68. The summed E-state index contributed by atoms with van der Waals surface area (Å²) in [6.45, 7) is 1.95. The molecule has 0 amide bonds. The van der Waals surface area contributed by atoms with Crippen LogP contribution in [0, 0.1) is 0 Å².